The third-order valence-corrected chi connectivity index (χ3v) is 6.59. The number of nitrogens with one attached hydrogen (secondary N) is 1. The molecule has 0 radical (unpaired) electrons. The highest BCUT2D eigenvalue weighted by atomic mass is 32.2. The Bertz CT molecular complexity index is 949. The van der Waals surface area contributed by atoms with E-state index in [1.807, 2.05) is 54.6 Å². The molecule has 2 aromatic rings. The van der Waals surface area contributed by atoms with Crippen molar-refractivity contribution in [1.29, 1.82) is 0 Å². The van der Waals surface area contributed by atoms with Crippen molar-refractivity contribution in [3.8, 4) is 5.75 Å². The molecule has 0 aromatic heterocycles. The molecule has 0 unspecified atom stereocenters. The molecule has 30 heavy (non-hydrogen) atoms. The lowest BCUT2D eigenvalue weighted by Gasteiger charge is -2.31. The summed E-state index contributed by atoms with van der Waals surface area (Å²) in [5.41, 5.74) is 1.70. The monoisotopic (exact) mass is 422 g/mol. The van der Waals surface area contributed by atoms with Crippen LogP contribution in [0.3, 0.4) is 0 Å². The molecule has 5 nitrogen and oxygen atoms in total. The van der Waals surface area contributed by atoms with Gasteiger partial charge in [0, 0.05) is 10.9 Å². The Labute approximate surface area is 181 Å². The second-order valence-electron chi connectivity index (χ2n) is 7.65. The Morgan fingerprint density at radius 3 is 2.60 bits per heavy atom. The molecule has 0 saturated heterocycles. The lowest BCUT2D eigenvalue weighted by atomic mass is 9.95. The van der Waals surface area contributed by atoms with Gasteiger partial charge in [-0.2, -0.15) is 0 Å². The summed E-state index contributed by atoms with van der Waals surface area (Å²) < 4.78 is 5.20. The van der Waals surface area contributed by atoms with Crippen molar-refractivity contribution >= 4 is 35.3 Å². The minimum atomic E-state index is -0.145. The van der Waals surface area contributed by atoms with Crippen molar-refractivity contribution in [2.45, 2.75) is 43.0 Å². The van der Waals surface area contributed by atoms with Crippen LogP contribution in [0.5, 0.6) is 5.75 Å². The molecule has 156 valence electrons. The highest BCUT2D eigenvalue weighted by Crippen LogP contribution is 2.42. The van der Waals surface area contributed by atoms with Crippen molar-refractivity contribution in [2.75, 3.05) is 18.6 Å². The van der Waals surface area contributed by atoms with Gasteiger partial charge in [-0.15, -0.1) is 0 Å². The molecule has 2 aromatic carbocycles. The van der Waals surface area contributed by atoms with Gasteiger partial charge in [0.15, 0.2) is 0 Å². The number of hydrogen-bond acceptors (Lipinski definition) is 4. The normalized spacial score (nSPS) is 18.2. The number of amides is 2. The summed E-state index contributed by atoms with van der Waals surface area (Å²) >= 11 is 1.44. The van der Waals surface area contributed by atoms with E-state index in [4.69, 9.17) is 4.74 Å². The van der Waals surface area contributed by atoms with Gasteiger partial charge in [0.25, 0.3) is 5.91 Å². The van der Waals surface area contributed by atoms with E-state index in [0.717, 1.165) is 47.6 Å². The minimum absolute atomic E-state index is 0.0346. The van der Waals surface area contributed by atoms with Crippen LogP contribution in [-0.2, 0) is 9.59 Å². The number of nitrogens with zero attached hydrogens (tertiary/aromatic N) is 1. The molecule has 4 rings (SSSR count). The fourth-order valence-corrected chi connectivity index (χ4v) is 4.99. The number of hydrogen-bond donors (Lipinski definition) is 1. The van der Waals surface area contributed by atoms with Crippen molar-refractivity contribution in [1.82, 2.24) is 5.32 Å². The van der Waals surface area contributed by atoms with Gasteiger partial charge in [0.2, 0.25) is 5.91 Å². The smallest absolute Gasteiger partial charge is 0.265 e. The number of carbonyl (C=O) groups excluding carboxylic acids is 2. The molecule has 2 amide bonds. The summed E-state index contributed by atoms with van der Waals surface area (Å²) in [7, 11) is 1.63. The van der Waals surface area contributed by atoms with Crippen LogP contribution in [0, 0.1) is 0 Å². The predicted molar refractivity (Wildman–Crippen MR) is 121 cm³/mol. The zero-order valence-electron chi connectivity index (χ0n) is 17.1. The molecule has 1 heterocycles. The molecule has 1 N–H and O–H groups in total. The van der Waals surface area contributed by atoms with Crippen LogP contribution in [0.15, 0.2) is 58.3 Å². The topological polar surface area (TPSA) is 58.6 Å². The molecule has 0 spiro atoms. The van der Waals surface area contributed by atoms with E-state index < -0.39 is 0 Å². The summed E-state index contributed by atoms with van der Waals surface area (Å²) in [4.78, 5) is 29.2. The van der Waals surface area contributed by atoms with E-state index in [1.165, 1.54) is 18.2 Å². The van der Waals surface area contributed by atoms with Gasteiger partial charge < -0.3 is 10.1 Å². The lowest BCUT2D eigenvalue weighted by molar-refractivity contribution is -0.123. The van der Waals surface area contributed by atoms with Crippen LogP contribution >= 0.6 is 11.8 Å². The van der Waals surface area contributed by atoms with Gasteiger partial charge in [-0.3, -0.25) is 14.5 Å². The van der Waals surface area contributed by atoms with Crippen molar-refractivity contribution in [3.63, 3.8) is 0 Å². The number of ether oxygens (including phenoxy) is 1. The maximum absolute atomic E-state index is 13.3. The Morgan fingerprint density at radius 2 is 1.87 bits per heavy atom. The third-order valence-electron chi connectivity index (χ3n) is 5.52. The predicted octanol–water partition coefficient (Wildman–Crippen LogP) is 4.62. The van der Waals surface area contributed by atoms with Crippen LogP contribution in [0.4, 0.5) is 5.69 Å². The second-order valence-corrected chi connectivity index (χ2v) is 8.73. The molecular weight excluding hydrogens is 396 g/mol. The largest absolute Gasteiger partial charge is 0.497 e. The summed E-state index contributed by atoms with van der Waals surface area (Å²) in [5.74, 6) is 0.528. The fourth-order valence-electron chi connectivity index (χ4n) is 3.93. The molecule has 1 fully saturated rings. The number of methoxy groups -OCH3 is 1. The van der Waals surface area contributed by atoms with Crippen LogP contribution in [-0.4, -0.2) is 31.5 Å². The van der Waals surface area contributed by atoms with E-state index in [9.17, 15) is 9.59 Å². The minimum Gasteiger partial charge on any atom is -0.497 e. The van der Waals surface area contributed by atoms with Gasteiger partial charge in [-0.05, 0) is 48.7 Å². The zero-order valence-corrected chi connectivity index (χ0v) is 17.9. The number of para-hydroxylation sites is 1. The van der Waals surface area contributed by atoms with Crippen LogP contribution < -0.4 is 15.0 Å². The standard InChI is InChI=1S/C24H26N2O3S/c1-29-19-13-11-17(12-14-19)15-22-24(28)26(20-9-5-6-10-21(20)30-22)16-23(27)25-18-7-3-2-4-8-18/h5-6,9-15,18H,2-4,7-8,16H2,1H3,(H,25,27). The SMILES string of the molecule is COc1ccc(C=C2Sc3ccccc3N(CC(=O)NC3CCCCC3)C2=O)cc1. The summed E-state index contributed by atoms with van der Waals surface area (Å²) in [5, 5.41) is 3.12. The molecule has 0 atom stereocenters. The highest BCUT2D eigenvalue weighted by molar-refractivity contribution is 8.04. The quantitative estimate of drug-likeness (QED) is 0.714. The summed E-state index contributed by atoms with van der Waals surface area (Å²) in [6, 6.07) is 15.5. The Balaban J connectivity index is 1.56. The highest BCUT2D eigenvalue weighted by Gasteiger charge is 2.31. The number of carbonyl (C=O) groups is 2. The molecule has 1 saturated carbocycles. The van der Waals surface area contributed by atoms with E-state index in [2.05, 4.69) is 5.32 Å². The van der Waals surface area contributed by atoms with Gasteiger partial charge in [-0.25, -0.2) is 0 Å². The molecule has 6 heteroatoms. The number of benzene rings is 2. The molecule has 0 bridgehead atoms. The molecular formula is C24H26N2O3S. The van der Waals surface area contributed by atoms with Crippen molar-refractivity contribution < 1.29 is 14.3 Å². The second kappa shape index (κ2) is 9.39. The van der Waals surface area contributed by atoms with Crippen LogP contribution in [0.2, 0.25) is 0 Å². The van der Waals surface area contributed by atoms with Crippen molar-refractivity contribution in [3.05, 3.63) is 59.0 Å². The van der Waals surface area contributed by atoms with Crippen LogP contribution in [0.1, 0.15) is 37.7 Å². The lowest BCUT2D eigenvalue weighted by Crippen LogP contribution is -2.46. The summed E-state index contributed by atoms with van der Waals surface area (Å²) in [6.45, 7) is 0.0346. The van der Waals surface area contributed by atoms with Gasteiger partial charge in [0.1, 0.15) is 12.3 Å². The Kier molecular flexibility index (Phi) is 6.43. The number of fused-ring (bicyclic) bond motifs is 1. The van der Waals surface area contributed by atoms with Gasteiger partial charge in [0.05, 0.1) is 17.7 Å². The first-order valence-electron chi connectivity index (χ1n) is 10.4. The van der Waals surface area contributed by atoms with E-state index in [1.54, 1.807) is 12.0 Å². The van der Waals surface area contributed by atoms with E-state index in [0.29, 0.717) is 4.91 Å². The number of rotatable bonds is 5. The first-order chi connectivity index (χ1) is 14.6. The first-order valence-corrected chi connectivity index (χ1v) is 11.2. The van der Waals surface area contributed by atoms with E-state index in [-0.39, 0.29) is 24.4 Å². The Morgan fingerprint density at radius 1 is 1.13 bits per heavy atom. The Hall–Kier alpha value is -2.73. The fraction of sp³-hybridized carbons (Fsp3) is 0.333. The van der Waals surface area contributed by atoms with Crippen molar-refractivity contribution in [2.24, 2.45) is 0 Å². The molecule has 1 aliphatic carbocycles. The van der Waals surface area contributed by atoms with E-state index >= 15 is 0 Å². The number of anilines is 1. The summed E-state index contributed by atoms with van der Waals surface area (Å²) in [6.07, 6.45) is 7.46. The molecule has 2 aliphatic rings. The first kappa shape index (κ1) is 20.5. The number of thioether (sulfide) groups is 1. The zero-order chi connectivity index (χ0) is 20.9. The van der Waals surface area contributed by atoms with Gasteiger partial charge in [-0.1, -0.05) is 55.3 Å². The maximum Gasteiger partial charge on any atom is 0.265 e. The maximum atomic E-state index is 13.3. The van der Waals surface area contributed by atoms with Crippen LogP contribution in [0.25, 0.3) is 6.08 Å². The molecule has 1 aliphatic heterocycles. The third kappa shape index (κ3) is 4.70. The average molecular weight is 423 g/mol. The average Bonchev–Trinajstić information content (AvgIpc) is 2.78. The van der Waals surface area contributed by atoms with Gasteiger partial charge >= 0.3 is 0 Å².